The molecule has 0 unspecified atom stereocenters. The van der Waals surface area contributed by atoms with Gasteiger partial charge < -0.3 is 9.73 Å². The van der Waals surface area contributed by atoms with E-state index in [0.29, 0.717) is 5.89 Å². The Morgan fingerprint density at radius 3 is 2.77 bits per heavy atom. The molecule has 10 heteroatoms. The summed E-state index contributed by atoms with van der Waals surface area (Å²) in [6.07, 6.45) is 3.21. The van der Waals surface area contributed by atoms with Gasteiger partial charge in [-0.05, 0) is 30.7 Å². The average molecular weight is 371 g/mol. The first kappa shape index (κ1) is 17.5. The molecule has 0 aliphatic heterocycles. The molecule has 0 radical (unpaired) electrons. The number of nitrogens with one attached hydrogen (secondary N) is 1. The van der Waals surface area contributed by atoms with Crippen molar-refractivity contribution >= 4 is 29.0 Å². The van der Waals surface area contributed by atoms with Crippen LogP contribution in [0, 0.1) is 17.0 Å². The number of benzene rings is 1. The number of amides is 1. The lowest BCUT2D eigenvalue weighted by molar-refractivity contribution is -0.384. The van der Waals surface area contributed by atoms with E-state index < -0.39 is 10.8 Å². The zero-order valence-electron chi connectivity index (χ0n) is 13.6. The van der Waals surface area contributed by atoms with Crippen LogP contribution in [0.15, 0.2) is 52.4 Å². The Morgan fingerprint density at radius 1 is 1.27 bits per heavy atom. The molecule has 1 amide bonds. The van der Waals surface area contributed by atoms with Crippen LogP contribution in [0.3, 0.4) is 0 Å². The number of carbonyl (C=O) groups excluding carboxylic acids is 1. The number of pyridine rings is 1. The summed E-state index contributed by atoms with van der Waals surface area (Å²) in [7, 11) is 0. The summed E-state index contributed by atoms with van der Waals surface area (Å²) in [6.45, 7) is 1.74. The number of aromatic nitrogens is 3. The summed E-state index contributed by atoms with van der Waals surface area (Å²) >= 11 is 1.04. The second-order valence-corrected chi connectivity index (χ2v) is 6.15. The van der Waals surface area contributed by atoms with E-state index in [0.717, 1.165) is 22.9 Å². The number of nitro benzene ring substituents is 1. The number of hydrogen-bond donors (Lipinski definition) is 1. The number of nitro groups is 1. The summed E-state index contributed by atoms with van der Waals surface area (Å²) in [4.78, 5) is 26.5. The van der Waals surface area contributed by atoms with Crippen LogP contribution in [-0.4, -0.2) is 31.8 Å². The lowest BCUT2D eigenvalue weighted by atomic mass is 10.2. The number of carbonyl (C=O) groups is 1. The number of anilines is 1. The highest BCUT2D eigenvalue weighted by atomic mass is 32.2. The Kier molecular flexibility index (Phi) is 5.23. The van der Waals surface area contributed by atoms with Gasteiger partial charge in [-0.2, -0.15) is 0 Å². The molecule has 132 valence electrons. The van der Waals surface area contributed by atoms with Crippen LogP contribution in [0.5, 0.6) is 0 Å². The number of rotatable bonds is 6. The van der Waals surface area contributed by atoms with Gasteiger partial charge in [0.15, 0.2) is 0 Å². The second-order valence-electron chi connectivity index (χ2n) is 5.22. The maximum atomic E-state index is 12.1. The molecule has 0 atom stereocenters. The Morgan fingerprint density at radius 2 is 2.04 bits per heavy atom. The first-order valence-electron chi connectivity index (χ1n) is 7.44. The average Bonchev–Trinajstić information content (AvgIpc) is 3.11. The first-order chi connectivity index (χ1) is 12.5. The molecule has 0 aliphatic carbocycles. The van der Waals surface area contributed by atoms with Gasteiger partial charge in [-0.1, -0.05) is 17.8 Å². The standard InChI is InChI=1S/C16H13N5O4S/c1-10-2-3-12(13(8-10)21(23)24)18-14(22)9-26-16-20-19-15(25-16)11-4-6-17-7-5-11/h2-8H,9H2,1H3,(H,18,22). The van der Waals surface area contributed by atoms with E-state index in [9.17, 15) is 14.9 Å². The van der Waals surface area contributed by atoms with Crippen molar-refractivity contribution in [3.8, 4) is 11.5 Å². The molecular formula is C16H13N5O4S. The van der Waals surface area contributed by atoms with E-state index in [2.05, 4.69) is 20.5 Å². The predicted molar refractivity (Wildman–Crippen MR) is 94.7 cm³/mol. The van der Waals surface area contributed by atoms with Crippen LogP contribution in [0.4, 0.5) is 11.4 Å². The van der Waals surface area contributed by atoms with Crippen LogP contribution in [-0.2, 0) is 4.79 Å². The molecule has 3 rings (SSSR count). The number of nitrogens with zero attached hydrogens (tertiary/aromatic N) is 4. The Balaban J connectivity index is 1.62. The maximum Gasteiger partial charge on any atom is 0.293 e. The summed E-state index contributed by atoms with van der Waals surface area (Å²) in [5, 5.41) is 21.6. The van der Waals surface area contributed by atoms with Crippen molar-refractivity contribution in [3.05, 3.63) is 58.4 Å². The summed E-state index contributed by atoms with van der Waals surface area (Å²) < 4.78 is 5.47. The zero-order chi connectivity index (χ0) is 18.5. The van der Waals surface area contributed by atoms with Gasteiger partial charge in [0, 0.05) is 24.0 Å². The van der Waals surface area contributed by atoms with Crippen LogP contribution in [0.25, 0.3) is 11.5 Å². The minimum atomic E-state index is -0.533. The van der Waals surface area contributed by atoms with Gasteiger partial charge in [-0.25, -0.2) is 0 Å². The van der Waals surface area contributed by atoms with Gasteiger partial charge in [-0.3, -0.25) is 19.9 Å². The van der Waals surface area contributed by atoms with Crippen molar-refractivity contribution in [3.63, 3.8) is 0 Å². The molecule has 0 fully saturated rings. The largest absolute Gasteiger partial charge is 0.411 e. The van der Waals surface area contributed by atoms with Crippen molar-refractivity contribution in [1.82, 2.24) is 15.2 Å². The van der Waals surface area contributed by atoms with E-state index >= 15 is 0 Å². The fourth-order valence-electron chi connectivity index (χ4n) is 2.09. The Hall–Kier alpha value is -3.27. The molecule has 2 aromatic heterocycles. The lowest BCUT2D eigenvalue weighted by Crippen LogP contribution is -2.15. The Bertz CT molecular complexity index is 945. The van der Waals surface area contributed by atoms with E-state index in [1.807, 2.05) is 0 Å². The smallest absolute Gasteiger partial charge is 0.293 e. The molecule has 1 N–H and O–H groups in total. The van der Waals surface area contributed by atoms with E-state index in [1.54, 1.807) is 37.5 Å². The fourth-order valence-corrected chi connectivity index (χ4v) is 2.65. The SMILES string of the molecule is Cc1ccc(NC(=O)CSc2nnc(-c3ccncc3)o2)c([N+](=O)[O-])c1. The highest BCUT2D eigenvalue weighted by Gasteiger charge is 2.17. The highest BCUT2D eigenvalue weighted by Crippen LogP contribution is 2.26. The monoisotopic (exact) mass is 371 g/mol. The zero-order valence-corrected chi connectivity index (χ0v) is 14.4. The minimum Gasteiger partial charge on any atom is -0.411 e. The predicted octanol–water partition coefficient (Wildman–Crippen LogP) is 3.08. The molecule has 0 aliphatic rings. The lowest BCUT2D eigenvalue weighted by Gasteiger charge is -2.05. The molecule has 0 saturated heterocycles. The van der Waals surface area contributed by atoms with Crippen molar-refractivity contribution in [2.45, 2.75) is 12.1 Å². The molecule has 2 heterocycles. The van der Waals surface area contributed by atoms with Gasteiger partial charge in [-0.15, -0.1) is 10.2 Å². The number of hydrogen-bond acceptors (Lipinski definition) is 8. The third-order valence-electron chi connectivity index (χ3n) is 3.28. The summed E-state index contributed by atoms with van der Waals surface area (Å²) in [6, 6.07) is 8.05. The number of thioether (sulfide) groups is 1. The molecule has 3 aromatic rings. The van der Waals surface area contributed by atoms with Gasteiger partial charge in [0.2, 0.25) is 11.8 Å². The summed E-state index contributed by atoms with van der Waals surface area (Å²) in [5.41, 5.74) is 1.45. The molecule has 0 spiro atoms. The van der Waals surface area contributed by atoms with E-state index in [1.165, 1.54) is 12.1 Å². The van der Waals surface area contributed by atoms with Crippen LogP contribution < -0.4 is 5.32 Å². The quantitative estimate of drug-likeness (QED) is 0.398. The molecule has 1 aromatic carbocycles. The molecule has 9 nitrogen and oxygen atoms in total. The normalized spacial score (nSPS) is 10.5. The van der Waals surface area contributed by atoms with Crippen LogP contribution in [0.1, 0.15) is 5.56 Å². The van der Waals surface area contributed by atoms with E-state index in [4.69, 9.17) is 4.42 Å². The Labute approximate surface area is 152 Å². The molecular weight excluding hydrogens is 358 g/mol. The van der Waals surface area contributed by atoms with Gasteiger partial charge in [0.1, 0.15) is 5.69 Å². The van der Waals surface area contributed by atoms with Crippen LogP contribution in [0.2, 0.25) is 0 Å². The van der Waals surface area contributed by atoms with Gasteiger partial charge >= 0.3 is 0 Å². The topological polar surface area (TPSA) is 124 Å². The van der Waals surface area contributed by atoms with Crippen molar-refractivity contribution in [1.29, 1.82) is 0 Å². The minimum absolute atomic E-state index is 0.0248. The van der Waals surface area contributed by atoms with Crippen molar-refractivity contribution < 1.29 is 14.1 Å². The molecule has 0 bridgehead atoms. The van der Waals surface area contributed by atoms with Gasteiger partial charge in [0.25, 0.3) is 10.9 Å². The third-order valence-corrected chi connectivity index (χ3v) is 4.10. The third kappa shape index (κ3) is 4.22. The van der Waals surface area contributed by atoms with Crippen LogP contribution >= 0.6 is 11.8 Å². The summed E-state index contributed by atoms with van der Waals surface area (Å²) in [5.74, 6) is -0.113. The fraction of sp³-hybridized carbons (Fsp3) is 0.125. The maximum absolute atomic E-state index is 12.1. The van der Waals surface area contributed by atoms with Crippen molar-refractivity contribution in [2.75, 3.05) is 11.1 Å². The molecule has 26 heavy (non-hydrogen) atoms. The number of aryl methyl sites for hydroxylation is 1. The van der Waals surface area contributed by atoms with E-state index in [-0.39, 0.29) is 22.4 Å². The van der Waals surface area contributed by atoms with Crippen molar-refractivity contribution in [2.24, 2.45) is 0 Å². The molecule has 0 saturated carbocycles. The first-order valence-corrected chi connectivity index (χ1v) is 8.43. The van der Waals surface area contributed by atoms with Gasteiger partial charge in [0.05, 0.1) is 10.7 Å². The highest BCUT2D eigenvalue weighted by molar-refractivity contribution is 7.99. The second kappa shape index (κ2) is 7.74.